The van der Waals surface area contributed by atoms with E-state index in [-0.39, 0.29) is 19.3 Å². The van der Waals surface area contributed by atoms with Crippen molar-refractivity contribution in [2.75, 3.05) is 13.2 Å². The van der Waals surface area contributed by atoms with Crippen LogP contribution in [0.1, 0.15) is 26.2 Å². The van der Waals surface area contributed by atoms with Gasteiger partial charge < -0.3 is 14.6 Å². The lowest BCUT2D eigenvalue weighted by molar-refractivity contribution is -0.152. The fourth-order valence-corrected chi connectivity index (χ4v) is 0.737. The zero-order chi connectivity index (χ0) is 11.7. The fraction of sp³-hybridized carbons (Fsp3) is 0.667. The van der Waals surface area contributed by atoms with Gasteiger partial charge in [-0.25, -0.2) is 0 Å². The molecule has 0 aromatic rings. The second-order valence-electron chi connectivity index (χ2n) is 2.69. The van der Waals surface area contributed by atoms with Gasteiger partial charge in [-0.2, -0.15) is 0 Å². The van der Waals surface area contributed by atoms with Gasteiger partial charge >= 0.3 is 17.9 Å². The summed E-state index contributed by atoms with van der Waals surface area (Å²) in [6.45, 7) is 2.75. The molecule has 0 atom stereocenters. The topological polar surface area (TPSA) is 89.9 Å². The molecule has 1 saturated heterocycles. The van der Waals surface area contributed by atoms with Crippen molar-refractivity contribution in [2.45, 2.75) is 26.2 Å². The molecule has 1 aliphatic heterocycles. The molecule has 0 aromatic carbocycles. The molecule has 1 fully saturated rings. The third kappa shape index (κ3) is 8.89. The predicted octanol–water partition coefficient (Wildman–Crippen LogP) is 0.348. The standard InChI is InChI=1S/C5H10O3.C4H4O3/c1-2-8-4-3-5(6)7;5-3-1-2-4(6)7-3/h2-4H2,1H3,(H,6,7);1-2H2. The number of carbonyl (C=O) groups is 3. The normalized spacial score (nSPS) is 14.2. The van der Waals surface area contributed by atoms with Gasteiger partial charge in [0, 0.05) is 6.61 Å². The summed E-state index contributed by atoms with van der Waals surface area (Å²) in [5, 5.41) is 8.06. The number of rotatable bonds is 4. The van der Waals surface area contributed by atoms with E-state index in [0.717, 1.165) is 0 Å². The first-order chi connectivity index (χ1) is 7.06. The predicted molar refractivity (Wildman–Crippen MR) is 49.1 cm³/mol. The van der Waals surface area contributed by atoms with Gasteiger partial charge in [0.25, 0.3) is 0 Å². The van der Waals surface area contributed by atoms with Crippen LogP contribution in [-0.2, 0) is 23.9 Å². The summed E-state index contributed by atoms with van der Waals surface area (Å²) in [5.74, 6) is -1.60. The van der Waals surface area contributed by atoms with Crippen molar-refractivity contribution in [3.63, 3.8) is 0 Å². The molecular weight excluding hydrogens is 204 g/mol. The maximum atomic E-state index is 10.0. The molecule has 0 aliphatic carbocycles. The van der Waals surface area contributed by atoms with Gasteiger partial charge in [0.1, 0.15) is 0 Å². The van der Waals surface area contributed by atoms with E-state index in [1.807, 2.05) is 6.92 Å². The molecule has 0 radical (unpaired) electrons. The molecular formula is C9H14O6. The SMILES string of the molecule is CCOCCC(=O)O.O=C1CCC(=O)O1. The van der Waals surface area contributed by atoms with Crippen LogP contribution < -0.4 is 0 Å². The van der Waals surface area contributed by atoms with Gasteiger partial charge in [-0.3, -0.25) is 14.4 Å². The summed E-state index contributed by atoms with van der Waals surface area (Å²) in [6, 6.07) is 0. The summed E-state index contributed by atoms with van der Waals surface area (Å²) in [5.41, 5.74) is 0. The summed E-state index contributed by atoms with van der Waals surface area (Å²) >= 11 is 0. The van der Waals surface area contributed by atoms with Crippen LogP contribution in [-0.4, -0.2) is 36.2 Å². The lowest BCUT2D eigenvalue weighted by Crippen LogP contribution is -2.01. The van der Waals surface area contributed by atoms with Crippen LogP contribution in [0, 0.1) is 0 Å². The summed E-state index contributed by atoms with van der Waals surface area (Å²) < 4.78 is 8.85. The molecule has 1 heterocycles. The van der Waals surface area contributed by atoms with Gasteiger partial charge in [0.15, 0.2) is 0 Å². The molecule has 15 heavy (non-hydrogen) atoms. The number of esters is 2. The Morgan fingerprint density at radius 1 is 1.40 bits per heavy atom. The highest BCUT2D eigenvalue weighted by Gasteiger charge is 2.19. The summed E-state index contributed by atoms with van der Waals surface area (Å²) in [6.07, 6.45) is 0.630. The summed E-state index contributed by atoms with van der Waals surface area (Å²) in [7, 11) is 0. The molecule has 0 bridgehead atoms. The molecule has 1 N–H and O–H groups in total. The molecule has 0 amide bonds. The number of hydrogen-bond acceptors (Lipinski definition) is 5. The molecule has 6 heteroatoms. The third-order valence-electron chi connectivity index (χ3n) is 1.43. The number of carbonyl (C=O) groups excluding carboxylic acids is 2. The van der Waals surface area contributed by atoms with Crippen LogP contribution in [0.4, 0.5) is 0 Å². The van der Waals surface area contributed by atoms with Crippen LogP contribution in [0.25, 0.3) is 0 Å². The number of ether oxygens (including phenoxy) is 2. The largest absolute Gasteiger partial charge is 0.481 e. The van der Waals surface area contributed by atoms with Gasteiger partial charge in [-0.15, -0.1) is 0 Å². The molecule has 0 saturated carbocycles. The first-order valence-electron chi connectivity index (χ1n) is 4.59. The maximum absolute atomic E-state index is 10.0. The van der Waals surface area contributed by atoms with E-state index in [4.69, 9.17) is 9.84 Å². The second kappa shape index (κ2) is 7.93. The monoisotopic (exact) mass is 218 g/mol. The van der Waals surface area contributed by atoms with Crippen molar-refractivity contribution in [2.24, 2.45) is 0 Å². The Morgan fingerprint density at radius 2 is 1.93 bits per heavy atom. The van der Waals surface area contributed by atoms with Crippen LogP contribution in [0.5, 0.6) is 0 Å². The van der Waals surface area contributed by atoms with Gasteiger partial charge in [-0.1, -0.05) is 0 Å². The minimum atomic E-state index is -0.807. The minimum absolute atomic E-state index is 0.105. The number of carboxylic acids is 1. The van der Waals surface area contributed by atoms with Crippen LogP contribution >= 0.6 is 0 Å². The molecule has 86 valence electrons. The molecule has 0 spiro atoms. The highest BCUT2D eigenvalue weighted by Crippen LogP contribution is 2.03. The molecule has 1 rings (SSSR count). The highest BCUT2D eigenvalue weighted by atomic mass is 16.6. The minimum Gasteiger partial charge on any atom is -0.481 e. The van der Waals surface area contributed by atoms with Gasteiger partial charge in [-0.05, 0) is 6.92 Å². The molecule has 0 unspecified atom stereocenters. The van der Waals surface area contributed by atoms with E-state index < -0.39 is 17.9 Å². The Balaban J connectivity index is 0.000000262. The Labute approximate surface area is 87.2 Å². The van der Waals surface area contributed by atoms with Crippen molar-refractivity contribution in [1.29, 1.82) is 0 Å². The van der Waals surface area contributed by atoms with Gasteiger partial charge in [0.2, 0.25) is 0 Å². The average molecular weight is 218 g/mol. The quantitative estimate of drug-likeness (QED) is 0.416. The lowest BCUT2D eigenvalue weighted by Gasteiger charge is -1.93. The van der Waals surface area contributed by atoms with E-state index in [1.54, 1.807) is 0 Å². The lowest BCUT2D eigenvalue weighted by atomic mass is 10.4. The highest BCUT2D eigenvalue weighted by molar-refractivity contribution is 5.92. The maximum Gasteiger partial charge on any atom is 0.314 e. The van der Waals surface area contributed by atoms with E-state index in [1.165, 1.54) is 0 Å². The van der Waals surface area contributed by atoms with E-state index in [2.05, 4.69) is 4.74 Å². The smallest absolute Gasteiger partial charge is 0.314 e. The Hall–Kier alpha value is -1.43. The third-order valence-corrected chi connectivity index (χ3v) is 1.43. The Kier molecular flexibility index (Phi) is 7.17. The number of carboxylic acid groups (broad SMARTS) is 1. The Bertz CT molecular complexity index is 221. The first-order valence-corrected chi connectivity index (χ1v) is 4.59. The van der Waals surface area contributed by atoms with E-state index in [0.29, 0.717) is 13.2 Å². The first kappa shape index (κ1) is 13.6. The van der Waals surface area contributed by atoms with Crippen molar-refractivity contribution in [3.8, 4) is 0 Å². The van der Waals surface area contributed by atoms with E-state index >= 15 is 0 Å². The number of aliphatic carboxylic acids is 1. The Morgan fingerprint density at radius 3 is 2.20 bits per heavy atom. The fourth-order valence-electron chi connectivity index (χ4n) is 0.737. The summed E-state index contributed by atoms with van der Waals surface area (Å²) in [4.78, 5) is 29.8. The van der Waals surface area contributed by atoms with Crippen molar-refractivity contribution >= 4 is 17.9 Å². The second-order valence-corrected chi connectivity index (χ2v) is 2.69. The van der Waals surface area contributed by atoms with Crippen LogP contribution in [0.2, 0.25) is 0 Å². The van der Waals surface area contributed by atoms with Crippen molar-refractivity contribution in [3.05, 3.63) is 0 Å². The molecule has 1 aliphatic rings. The number of cyclic esters (lactones) is 2. The molecule has 0 aromatic heterocycles. The van der Waals surface area contributed by atoms with E-state index in [9.17, 15) is 14.4 Å². The average Bonchev–Trinajstić information content (AvgIpc) is 2.51. The zero-order valence-electron chi connectivity index (χ0n) is 8.52. The zero-order valence-corrected chi connectivity index (χ0v) is 8.52. The van der Waals surface area contributed by atoms with Crippen molar-refractivity contribution < 1.29 is 29.0 Å². The van der Waals surface area contributed by atoms with Crippen molar-refractivity contribution in [1.82, 2.24) is 0 Å². The number of hydrogen-bond donors (Lipinski definition) is 1. The molecule has 6 nitrogen and oxygen atoms in total. The van der Waals surface area contributed by atoms with Crippen LogP contribution in [0.3, 0.4) is 0 Å². The van der Waals surface area contributed by atoms with Crippen LogP contribution in [0.15, 0.2) is 0 Å². The van der Waals surface area contributed by atoms with Gasteiger partial charge in [0.05, 0.1) is 25.9 Å².